The molecule has 0 atom stereocenters. The summed E-state index contributed by atoms with van der Waals surface area (Å²) in [6.07, 6.45) is 1.93. The van der Waals surface area contributed by atoms with Gasteiger partial charge in [0.15, 0.2) is 11.6 Å². The molecule has 1 aromatic heterocycles. The average Bonchev–Trinajstić information content (AvgIpc) is 2.69. The zero-order valence-corrected chi connectivity index (χ0v) is 15.8. The summed E-state index contributed by atoms with van der Waals surface area (Å²) in [6.45, 7) is 0.104. The summed E-state index contributed by atoms with van der Waals surface area (Å²) in [5.74, 6) is 0.0976. The monoisotopic (exact) mass is 406 g/mol. The van der Waals surface area contributed by atoms with E-state index in [-0.39, 0.29) is 24.1 Å². The first-order valence-corrected chi connectivity index (χ1v) is 8.96. The lowest BCUT2D eigenvalue weighted by atomic mass is 10.0. The molecule has 0 aliphatic rings. The van der Waals surface area contributed by atoms with Crippen molar-refractivity contribution in [2.45, 2.75) is 13.0 Å². The molecular weight excluding hydrogens is 390 g/mol. The van der Waals surface area contributed by atoms with Crippen LogP contribution in [0.4, 0.5) is 10.2 Å². The lowest BCUT2D eigenvalue weighted by Crippen LogP contribution is -2.06. The van der Waals surface area contributed by atoms with Gasteiger partial charge in [0.05, 0.1) is 18.2 Å². The van der Waals surface area contributed by atoms with E-state index in [2.05, 4.69) is 4.98 Å². The van der Waals surface area contributed by atoms with Gasteiger partial charge in [-0.3, -0.25) is 0 Å². The highest BCUT2D eigenvalue weighted by molar-refractivity contribution is 6.36. The number of benzene rings is 2. The molecule has 27 heavy (non-hydrogen) atoms. The van der Waals surface area contributed by atoms with E-state index in [1.165, 1.54) is 12.1 Å². The molecule has 0 fully saturated rings. The number of halogens is 3. The van der Waals surface area contributed by atoms with Gasteiger partial charge in [-0.15, -0.1) is 0 Å². The molecule has 3 rings (SSSR count). The first-order chi connectivity index (χ1) is 13.0. The number of hydrogen-bond donors (Lipinski definition) is 2. The largest absolute Gasteiger partial charge is 0.489 e. The fourth-order valence-corrected chi connectivity index (χ4v) is 3.28. The average molecular weight is 407 g/mol. The lowest BCUT2D eigenvalue weighted by molar-refractivity contribution is 0.282. The van der Waals surface area contributed by atoms with E-state index in [0.717, 1.165) is 16.7 Å². The van der Waals surface area contributed by atoms with Crippen molar-refractivity contribution < 1.29 is 14.2 Å². The molecule has 1 heterocycles. The second-order valence-electron chi connectivity index (χ2n) is 5.84. The number of nitrogens with two attached hydrogens (primary N) is 1. The van der Waals surface area contributed by atoms with Crippen LogP contribution < -0.4 is 10.5 Å². The van der Waals surface area contributed by atoms with Gasteiger partial charge in [-0.25, -0.2) is 9.37 Å². The first kappa shape index (κ1) is 19.4. The van der Waals surface area contributed by atoms with Crippen LogP contribution in [0.2, 0.25) is 10.0 Å². The Labute approximate surface area is 166 Å². The number of aliphatic hydroxyl groups is 1. The Morgan fingerprint density at radius 1 is 1.15 bits per heavy atom. The summed E-state index contributed by atoms with van der Waals surface area (Å²) in [7, 11) is 0. The number of ether oxygens (including phenoxy) is 1. The number of nitrogen functional groups attached to an aromatic ring is 1. The quantitative estimate of drug-likeness (QED) is 0.571. The van der Waals surface area contributed by atoms with Crippen LogP contribution in [0.25, 0.3) is 11.1 Å². The van der Waals surface area contributed by atoms with Crippen LogP contribution in [-0.4, -0.2) is 16.7 Å². The number of rotatable bonds is 6. The number of nitrogens with zero attached hydrogens (tertiary/aromatic N) is 1. The van der Waals surface area contributed by atoms with Crippen molar-refractivity contribution in [2.75, 3.05) is 12.3 Å². The number of pyridine rings is 1. The Morgan fingerprint density at radius 2 is 1.93 bits per heavy atom. The molecule has 0 aliphatic heterocycles. The molecule has 3 aromatic rings. The minimum absolute atomic E-state index is 0.0113. The molecule has 0 saturated heterocycles. The van der Waals surface area contributed by atoms with Crippen LogP contribution in [0, 0.1) is 5.82 Å². The van der Waals surface area contributed by atoms with Crippen molar-refractivity contribution in [3.8, 4) is 16.9 Å². The van der Waals surface area contributed by atoms with Gasteiger partial charge in [-0.2, -0.15) is 0 Å². The van der Waals surface area contributed by atoms with Crippen molar-refractivity contribution >= 4 is 29.0 Å². The molecular formula is C20H17Cl2FN2O2. The molecule has 0 unspecified atom stereocenters. The summed E-state index contributed by atoms with van der Waals surface area (Å²) in [6, 6.07) is 11.9. The fourth-order valence-electron chi connectivity index (χ4n) is 2.72. The first-order valence-electron chi connectivity index (χ1n) is 8.21. The van der Waals surface area contributed by atoms with Crippen molar-refractivity contribution in [1.82, 2.24) is 4.98 Å². The van der Waals surface area contributed by atoms with Crippen molar-refractivity contribution in [3.05, 3.63) is 75.7 Å². The third kappa shape index (κ3) is 4.33. The van der Waals surface area contributed by atoms with E-state index in [1.54, 1.807) is 12.3 Å². The van der Waals surface area contributed by atoms with Crippen LogP contribution in [0.1, 0.15) is 11.1 Å². The summed E-state index contributed by atoms with van der Waals surface area (Å²) in [5, 5.41) is 9.88. The van der Waals surface area contributed by atoms with E-state index in [9.17, 15) is 9.50 Å². The Bertz CT molecular complexity index is 967. The Balaban J connectivity index is 1.79. The van der Waals surface area contributed by atoms with E-state index in [0.29, 0.717) is 22.8 Å². The molecule has 7 heteroatoms. The second kappa shape index (κ2) is 8.57. The van der Waals surface area contributed by atoms with E-state index >= 15 is 0 Å². The van der Waals surface area contributed by atoms with Gasteiger partial charge >= 0.3 is 0 Å². The van der Waals surface area contributed by atoms with Crippen LogP contribution in [0.5, 0.6) is 5.75 Å². The highest BCUT2D eigenvalue weighted by Crippen LogP contribution is 2.31. The Morgan fingerprint density at radius 3 is 2.70 bits per heavy atom. The van der Waals surface area contributed by atoms with Gasteiger partial charge in [-0.05, 0) is 34.9 Å². The standard InChI is InChI=1S/C20H17Cl2FN2O2/c21-16-5-6-17(23)19(22)15(16)7-8-27-18-9-13(10-25-20(18)24)14-4-2-1-3-12(14)11-26/h1-6,9-10,26H,7-8,11H2,(H2,24,25). The van der Waals surface area contributed by atoms with Gasteiger partial charge in [0.25, 0.3) is 0 Å². The van der Waals surface area contributed by atoms with Crippen LogP contribution in [0.15, 0.2) is 48.7 Å². The summed E-state index contributed by atoms with van der Waals surface area (Å²) < 4.78 is 19.3. The molecule has 0 saturated carbocycles. The molecule has 4 nitrogen and oxygen atoms in total. The highest BCUT2D eigenvalue weighted by atomic mass is 35.5. The molecule has 0 radical (unpaired) electrons. The fraction of sp³-hybridized carbons (Fsp3) is 0.150. The molecule has 0 bridgehead atoms. The second-order valence-corrected chi connectivity index (χ2v) is 6.63. The third-order valence-electron chi connectivity index (χ3n) is 4.13. The van der Waals surface area contributed by atoms with E-state index in [1.807, 2.05) is 24.3 Å². The van der Waals surface area contributed by atoms with Crippen molar-refractivity contribution in [2.24, 2.45) is 0 Å². The molecule has 0 amide bonds. The molecule has 140 valence electrons. The smallest absolute Gasteiger partial charge is 0.166 e. The maximum atomic E-state index is 13.6. The SMILES string of the molecule is Nc1ncc(-c2ccccc2CO)cc1OCCc1c(Cl)ccc(F)c1Cl. The Kier molecular flexibility index (Phi) is 6.16. The highest BCUT2D eigenvalue weighted by Gasteiger charge is 2.12. The summed E-state index contributed by atoms with van der Waals surface area (Å²) in [4.78, 5) is 4.16. The van der Waals surface area contributed by atoms with Crippen LogP contribution in [0.3, 0.4) is 0 Å². The van der Waals surface area contributed by atoms with Gasteiger partial charge in [0, 0.05) is 23.2 Å². The third-order valence-corrected chi connectivity index (χ3v) is 4.89. The molecule has 0 aliphatic carbocycles. The minimum atomic E-state index is -0.528. The zero-order chi connectivity index (χ0) is 19.4. The molecule has 0 spiro atoms. The Hall–Kier alpha value is -2.34. The van der Waals surface area contributed by atoms with Gasteiger partial charge in [-0.1, -0.05) is 47.5 Å². The number of aliphatic hydroxyl groups excluding tert-OH is 1. The lowest BCUT2D eigenvalue weighted by Gasteiger charge is -2.13. The topological polar surface area (TPSA) is 68.4 Å². The van der Waals surface area contributed by atoms with E-state index < -0.39 is 5.82 Å². The van der Waals surface area contributed by atoms with E-state index in [4.69, 9.17) is 33.7 Å². The molecule has 3 N–H and O–H groups in total. The van der Waals surface area contributed by atoms with Gasteiger partial charge in [0.2, 0.25) is 0 Å². The number of anilines is 1. The van der Waals surface area contributed by atoms with Gasteiger partial charge < -0.3 is 15.6 Å². The van der Waals surface area contributed by atoms with Crippen LogP contribution in [-0.2, 0) is 13.0 Å². The minimum Gasteiger partial charge on any atom is -0.489 e. The predicted molar refractivity (Wildman–Crippen MR) is 106 cm³/mol. The maximum Gasteiger partial charge on any atom is 0.166 e. The number of aromatic nitrogens is 1. The normalized spacial score (nSPS) is 10.8. The van der Waals surface area contributed by atoms with Crippen LogP contribution >= 0.6 is 23.2 Å². The number of hydrogen-bond acceptors (Lipinski definition) is 4. The zero-order valence-electron chi connectivity index (χ0n) is 14.3. The predicted octanol–water partition coefficient (Wildman–Crippen LogP) is 4.89. The summed E-state index contributed by atoms with van der Waals surface area (Å²) >= 11 is 12.1. The van der Waals surface area contributed by atoms with Crippen molar-refractivity contribution in [3.63, 3.8) is 0 Å². The van der Waals surface area contributed by atoms with Crippen molar-refractivity contribution in [1.29, 1.82) is 0 Å². The molecule has 2 aromatic carbocycles. The maximum absolute atomic E-state index is 13.6. The summed E-state index contributed by atoms with van der Waals surface area (Å²) in [5.41, 5.74) is 8.76. The van der Waals surface area contributed by atoms with Gasteiger partial charge in [0.1, 0.15) is 5.82 Å².